The van der Waals surface area contributed by atoms with Gasteiger partial charge in [0.15, 0.2) is 11.5 Å². The third-order valence-electron chi connectivity index (χ3n) is 4.33. The van der Waals surface area contributed by atoms with Crippen LogP contribution in [-0.4, -0.2) is 22.6 Å². The van der Waals surface area contributed by atoms with Gasteiger partial charge in [0.2, 0.25) is 0 Å². The molecule has 0 aliphatic rings. The predicted octanol–water partition coefficient (Wildman–Crippen LogP) is 4.89. The Balaban J connectivity index is 2.14. The summed E-state index contributed by atoms with van der Waals surface area (Å²) in [6, 6.07) is 16.5. The normalized spacial score (nSPS) is 11.2. The lowest BCUT2D eigenvalue weighted by molar-refractivity contribution is 0.355. The lowest BCUT2D eigenvalue weighted by Crippen LogP contribution is -2.31. The summed E-state index contributed by atoms with van der Waals surface area (Å²) in [5.74, 6) is 0.310. The highest BCUT2D eigenvalue weighted by Gasteiger charge is 2.27. The first-order chi connectivity index (χ1) is 13.9. The van der Waals surface area contributed by atoms with Crippen molar-refractivity contribution < 1.29 is 22.3 Å². The first-order valence-corrected chi connectivity index (χ1v) is 10.4. The molecule has 3 aromatic rings. The van der Waals surface area contributed by atoms with Crippen LogP contribution in [0, 0.1) is 5.82 Å². The molecule has 0 aliphatic heterocycles. The van der Waals surface area contributed by atoms with E-state index in [0.717, 1.165) is 4.31 Å². The van der Waals surface area contributed by atoms with Crippen molar-refractivity contribution in [1.29, 1.82) is 0 Å². The first kappa shape index (κ1) is 21.0. The fraction of sp³-hybridized carbons (Fsp3) is 0.143. The number of ether oxygens (including phenoxy) is 2. The summed E-state index contributed by atoms with van der Waals surface area (Å²) in [5, 5.41) is 0.413. The van der Waals surface area contributed by atoms with E-state index in [4.69, 9.17) is 21.1 Å². The Morgan fingerprint density at radius 1 is 0.931 bits per heavy atom. The number of sulfonamides is 1. The van der Waals surface area contributed by atoms with Crippen molar-refractivity contribution >= 4 is 27.3 Å². The molecule has 0 unspecified atom stereocenters. The molecule has 5 nitrogen and oxygen atoms in total. The number of benzene rings is 3. The molecular weight excluding hydrogens is 417 g/mol. The van der Waals surface area contributed by atoms with Crippen molar-refractivity contribution in [3.05, 3.63) is 83.1 Å². The van der Waals surface area contributed by atoms with Gasteiger partial charge in [0.05, 0.1) is 31.3 Å². The molecule has 0 bridgehead atoms. The van der Waals surface area contributed by atoms with Crippen molar-refractivity contribution in [2.75, 3.05) is 18.5 Å². The van der Waals surface area contributed by atoms with Gasteiger partial charge in [-0.25, -0.2) is 12.8 Å². The minimum absolute atomic E-state index is 0.0352. The number of halogens is 2. The average molecular weight is 436 g/mol. The van der Waals surface area contributed by atoms with Crippen LogP contribution >= 0.6 is 11.6 Å². The largest absolute Gasteiger partial charge is 0.493 e. The zero-order valence-electron chi connectivity index (χ0n) is 15.8. The summed E-state index contributed by atoms with van der Waals surface area (Å²) in [4.78, 5) is 0.0352. The van der Waals surface area contributed by atoms with Gasteiger partial charge in [0, 0.05) is 16.7 Å². The summed E-state index contributed by atoms with van der Waals surface area (Å²) in [5.41, 5.74) is 0.542. The standard InChI is InChI=1S/C21H19ClFNO4S/c1-27-20-12-9-17(13-21(20)28-2)24(14-15-5-3-4-6-19(15)23)29(25,26)18-10-7-16(22)8-11-18/h3-13H,14H2,1-2H3. The summed E-state index contributed by atoms with van der Waals surface area (Å²) in [6.07, 6.45) is 0. The van der Waals surface area contributed by atoms with Gasteiger partial charge in [0.25, 0.3) is 10.0 Å². The molecule has 3 aromatic carbocycles. The van der Waals surface area contributed by atoms with E-state index in [-0.39, 0.29) is 17.0 Å². The number of rotatable bonds is 7. The molecule has 152 valence electrons. The van der Waals surface area contributed by atoms with Crippen LogP contribution in [0.4, 0.5) is 10.1 Å². The van der Waals surface area contributed by atoms with Crippen molar-refractivity contribution in [2.24, 2.45) is 0 Å². The molecule has 8 heteroatoms. The van der Waals surface area contributed by atoms with Crippen LogP contribution in [-0.2, 0) is 16.6 Å². The Morgan fingerprint density at radius 3 is 2.21 bits per heavy atom. The van der Waals surface area contributed by atoms with Crippen LogP contribution < -0.4 is 13.8 Å². The lowest BCUT2D eigenvalue weighted by atomic mass is 10.2. The van der Waals surface area contributed by atoms with Gasteiger partial charge in [-0.15, -0.1) is 0 Å². The monoisotopic (exact) mass is 435 g/mol. The molecule has 0 spiro atoms. The Hall–Kier alpha value is -2.77. The van der Waals surface area contributed by atoms with E-state index in [1.807, 2.05) is 0 Å². The van der Waals surface area contributed by atoms with Gasteiger partial charge in [-0.1, -0.05) is 29.8 Å². The molecule has 0 atom stereocenters. The van der Waals surface area contributed by atoms with Crippen molar-refractivity contribution in [1.82, 2.24) is 0 Å². The summed E-state index contributed by atoms with van der Waals surface area (Å²) >= 11 is 5.89. The average Bonchev–Trinajstić information content (AvgIpc) is 2.72. The highest BCUT2D eigenvalue weighted by Crippen LogP contribution is 2.35. The van der Waals surface area contributed by atoms with E-state index in [0.29, 0.717) is 22.2 Å². The second-order valence-electron chi connectivity index (χ2n) is 6.10. The van der Waals surface area contributed by atoms with Gasteiger partial charge in [0.1, 0.15) is 5.82 Å². The maximum absolute atomic E-state index is 14.3. The smallest absolute Gasteiger partial charge is 0.264 e. The predicted molar refractivity (Wildman–Crippen MR) is 111 cm³/mol. The van der Waals surface area contributed by atoms with Crippen LogP contribution in [0.2, 0.25) is 5.02 Å². The lowest BCUT2D eigenvalue weighted by Gasteiger charge is -2.25. The zero-order valence-corrected chi connectivity index (χ0v) is 17.4. The molecule has 3 rings (SSSR count). The highest BCUT2D eigenvalue weighted by molar-refractivity contribution is 7.92. The Bertz CT molecular complexity index is 1100. The second kappa shape index (κ2) is 8.71. The van der Waals surface area contributed by atoms with Gasteiger partial charge in [-0.05, 0) is 42.5 Å². The van der Waals surface area contributed by atoms with E-state index >= 15 is 0 Å². The number of hydrogen-bond acceptors (Lipinski definition) is 4. The van der Waals surface area contributed by atoms with Crippen LogP contribution in [0.25, 0.3) is 0 Å². The molecular formula is C21H19ClFNO4S. The minimum Gasteiger partial charge on any atom is -0.493 e. The third kappa shape index (κ3) is 4.46. The maximum Gasteiger partial charge on any atom is 0.264 e. The van der Waals surface area contributed by atoms with Crippen LogP contribution in [0.1, 0.15) is 5.56 Å². The number of nitrogens with zero attached hydrogens (tertiary/aromatic N) is 1. The third-order valence-corrected chi connectivity index (χ3v) is 6.37. The maximum atomic E-state index is 14.3. The van der Waals surface area contributed by atoms with Crippen molar-refractivity contribution in [3.8, 4) is 11.5 Å². The highest BCUT2D eigenvalue weighted by atomic mass is 35.5. The molecule has 0 saturated heterocycles. The van der Waals surface area contributed by atoms with Gasteiger partial charge in [-0.3, -0.25) is 4.31 Å². The SMILES string of the molecule is COc1ccc(N(Cc2ccccc2F)S(=O)(=O)c2ccc(Cl)cc2)cc1OC. The van der Waals surface area contributed by atoms with E-state index < -0.39 is 15.8 Å². The number of anilines is 1. The van der Waals surface area contributed by atoms with E-state index in [2.05, 4.69) is 0 Å². The quantitative estimate of drug-likeness (QED) is 0.530. The van der Waals surface area contributed by atoms with Gasteiger partial charge >= 0.3 is 0 Å². The molecule has 0 aromatic heterocycles. The summed E-state index contributed by atoms with van der Waals surface area (Å²) in [6.45, 7) is -0.201. The van der Waals surface area contributed by atoms with Crippen molar-refractivity contribution in [2.45, 2.75) is 11.4 Å². The second-order valence-corrected chi connectivity index (χ2v) is 8.40. The van der Waals surface area contributed by atoms with Gasteiger partial charge in [-0.2, -0.15) is 0 Å². The fourth-order valence-corrected chi connectivity index (χ4v) is 4.37. The first-order valence-electron chi connectivity index (χ1n) is 8.60. The molecule has 0 radical (unpaired) electrons. The molecule has 0 N–H and O–H groups in total. The summed E-state index contributed by atoms with van der Waals surface area (Å²) < 4.78 is 52.7. The summed E-state index contributed by atoms with van der Waals surface area (Å²) in [7, 11) is -1.08. The minimum atomic E-state index is -4.02. The molecule has 0 saturated carbocycles. The molecule has 0 heterocycles. The molecule has 0 fully saturated rings. The number of methoxy groups -OCH3 is 2. The Morgan fingerprint density at radius 2 is 1.59 bits per heavy atom. The van der Waals surface area contributed by atoms with Gasteiger partial charge < -0.3 is 9.47 Å². The van der Waals surface area contributed by atoms with E-state index in [1.165, 1.54) is 50.6 Å². The molecule has 0 aliphatic carbocycles. The van der Waals surface area contributed by atoms with E-state index in [9.17, 15) is 12.8 Å². The van der Waals surface area contributed by atoms with Crippen LogP contribution in [0.3, 0.4) is 0 Å². The zero-order chi connectivity index (χ0) is 21.0. The Labute approximate surface area is 174 Å². The topological polar surface area (TPSA) is 55.8 Å². The Kier molecular flexibility index (Phi) is 6.30. The van der Waals surface area contributed by atoms with Crippen LogP contribution in [0.5, 0.6) is 11.5 Å². The molecule has 29 heavy (non-hydrogen) atoms. The fourth-order valence-electron chi connectivity index (χ4n) is 2.81. The van der Waals surface area contributed by atoms with Crippen LogP contribution in [0.15, 0.2) is 71.6 Å². The molecule has 0 amide bonds. The van der Waals surface area contributed by atoms with Crippen molar-refractivity contribution in [3.63, 3.8) is 0 Å². The number of hydrogen-bond donors (Lipinski definition) is 0. The van der Waals surface area contributed by atoms with E-state index in [1.54, 1.807) is 30.3 Å².